The van der Waals surface area contributed by atoms with Gasteiger partial charge in [0.2, 0.25) is 0 Å². The lowest BCUT2D eigenvalue weighted by Crippen LogP contribution is -2.30. The third-order valence-electron chi connectivity index (χ3n) is 1.31. The van der Waals surface area contributed by atoms with Crippen LogP contribution in [0.5, 0.6) is 0 Å². The summed E-state index contributed by atoms with van der Waals surface area (Å²) in [6.07, 6.45) is 0. The molecule has 0 aromatic carbocycles. The monoisotopic (exact) mass is 259 g/mol. The molecular formula is C8H21NO6S. The van der Waals surface area contributed by atoms with E-state index in [1.54, 1.807) is 0 Å². The SMILES string of the molecule is C1COCCN1.CCS(=O)(=O)O.OCCO. The van der Waals surface area contributed by atoms with E-state index in [4.69, 9.17) is 19.5 Å². The predicted molar refractivity (Wildman–Crippen MR) is 59.9 cm³/mol. The summed E-state index contributed by atoms with van der Waals surface area (Å²) in [4.78, 5) is 0. The Morgan fingerprint density at radius 1 is 1.19 bits per heavy atom. The Morgan fingerprint density at radius 2 is 1.56 bits per heavy atom. The zero-order valence-corrected chi connectivity index (χ0v) is 10.2. The minimum absolute atomic E-state index is 0.125. The van der Waals surface area contributed by atoms with Crippen LogP contribution >= 0.6 is 0 Å². The lowest BCUT2D eigenvalue weighted by Gasteiger charge is -2.10. The van der Waals surface area contributed by atoms with Gasteiger partial charge in [0.25, 0.3) is 10.1 Å². The second-order valence-electron chi connectivity index (χ2n) is 2.68. The second kappa shape index (κ2) is 12.8. The summed E-state index contributed by atoms with van der Waals surface area (Å²) < 4.78 is 31.9. The predicted octanol–water partition coefficient (Wildman–Crippen LogP) is -1.53. The van der Waals surface area contributed by atoms with Gasteiger partial charge in [-0.2, -0.15) is 8.42 Å². The van der Waals surface area contributed by atoms with Crippen LogP contribution in [-0.4, -0.2) is 68.5 Å². The molecule has 1 fully saturated rings. The van der Waals surface area contributed by atoms with E-state index in [1.165, 1.54) is 6.92 Å². The third-order valence-corrected chi connectivity index (χ3v) is 2.04. The Hall–Kier alpha value is -0.250. The fraction of sp³-hybridized carbons (Fsp3) is 1.00. The van der Waals surface area contributed by atoms with Crippen LogP contribution in [0.15, 0.2) is 0 Å². The summed E-state index contributed by atoms with van der Waals surface area (Å²) >= 11 is 0. The van der Waals surface area contributed by atoms with Gasteiger partial charge in [-0.05, 0) is 6.92 Å². The van der Waals surface area contributed by atoms with Crippen molar-refractivity contribution in [2.45, 2.75) is 6.92 Å². The molecule has 8 heteroatoms. The lowest BCUT2D eigenvalue weighted by atomic mass is 10.5. The van der Waals surface area contributed by atoms with Crippen molar-refractivity contribution in [3.8, 4) is 0 Å². The summed E-state index contributed by atoms with van der Waals surface area (Å²) in [6, 6.07) is 0. The van der Waals surface area contributed by atoms with Crippen LogP contribution in [0, 0.1) is 0 Å². The zero-order valence-electron chi connectivity index (χ0n) is 9.42. The molecule has 0 spiro atoms. The standard InChI is InChI=1S/C4H9NO.C2H6O3S.C2H6O2/c1-3-6-4-2-5-1;1-2-6(3,4)5;3-1-2-4/h5H,1-4H2;2H2,1H3,(H,3,4,5);3-4H,1-2H2. The van der Waals surface area contributed by atoms with E-state index in [9.17, 15) is 8.42 Å². The van der Waals surface area contributed by atoms with E-state index in [1.807, 2.05) is 0 Å². The van der Waals surface area contributed by atoms with Gasteiger partial charge in [0.15, 0.2) is 0 Å². The first-order valence-corrected chi connectivity index (χ1v) is 6.54. The van der Waals surface area contributed by atoms with Gasteiger partial charge in [-0.15, -0.1) is 0 Å². The molecule has 7 nitrogen and oxygen atoms in total. The maximum absolute atomic E-state index is 9.56. The Morgan fingerprint density at radius 3 is 1.62 bits per heavy atom. The fourth-order valence-corrected chi connectivity index (χ4v) is 0.516. The molecular weight excluding hydrogens is 238 g/mol. The van der Waals surface area contributed by atoms with E-state index in [0.29, 0.717) is 0 Å². The Kier molecular flexibility index (Phi) is 14.5. The molecule has 16 heavy (non-hydrogen) atoms. The molecule has 100 valence electrons. The van der Waals surface area contributed by atoms with Crippen LogP contribution in [-0.2, 0) is 14.9 Å². The largest absolute Gasteiger partial charge is 0.394 e. The number of morpholine rings is 1. The molecule has 0 saturated carbocycles. The van der Waals surface area contributed by atoms with Gasteiger partial charge < -0.3 is 20.3 Å². The molecule has 1 heterocycles. The summed E-state index contributed by atoms with van der Waals surface area (Å²) in [5.74, 6) is -0.201. The van der Waals surface area contributed by atoms with Crippen molar-refractivity contribution in [3.05, 3.63) is 0 Å². The van der Waals surface area contributed by atoms with Gasteiger partial charge in [0, 0.05) is 13.1 Å². The van der Waals surface area contributed by atoms with Crippen LogP contribution in [0.4, 0.5) is 0 Å². The van der Waals surface area contributed by atoms with Gasteiger partial charge in [0.05, 0.1) is 32.2 Å². The highest BCUT2D eigenvalue weighted by Crippen LogP contribution is 1.76. The first kappa shape index (κ1) is 18.1. The van der Waals surface area contributed by atoms with Crippen molar-refractivity contribution >= 4 is 10.1 Å². The maximum atomic E-state index is 9.56. The minimum atomic E-state index is -3.66. The second-order valence-corrected chi connectivity index (χ2v) is 4.42. The number of aliphatic hydroxyl groups excluding tert-OH is 2. The van der Waals surface area contributed by atoms with Crippen molar-refractivity contribution in [3.63, 3.8) is 0 Å². The number of aliphatic hydroxyl groups is 2. The lowest BCUT2D eigenvalue weighted by molar-refractivity contribution is 0.109. The molecule has 1 aliphatic rings. The van der Waals surface area contributed by atoms with Gasteiger partial charge in [-0.25, -0.2) is 0 Å². The average molecular weight is 259 g/mol. The number of ether oxygens (including phenoxy) is 1. The summed E-state index contributed by atoms with van der Waals surface area (Å²) in [5, 5.41) is 18.4. The van der Waals surface area contributed by atoms with Crippen LogP contribution in [0.1, 0.15) is 6.92 Å². The first-order valence-electron chi connectivity index (χ1n) is 4.93. The zero-order chi connectivity index (χ0) is 12.9. The average Bonchev–Trinajstić information content (AvgIpc) is 2.31. The Labute approximate surface area is 96.2 Å². The molecule has 0 amide bonds. The highest BCUT2D eigenvalue weighted by Gasteiger charge is 1.93. The fourth-order valence-electron chi connectivity index (χ4n) is 0.516. The molecule has 0 unspecified atom stereocenters. The van der Waals surface area contributed by atoms with E-state index < -0.39 is 10.1 Å². The Balaban J connectivity index is 0. The van der Waals surface area contributed by atoms with E-state index in [0.717, 1.165) is 26.3 Å². The third kappa shape index (κ3) is 23.5. The van der Waals surface area contributed by atoms with Crippen molar-refractivity contribution in [2.24, 2.45) is 0 Å². The topological polar surface area (TPSA) is 116 Å². The number of nitrogens with one attached hydrogen (secondary N) is 1. The highest BCUT2D eigenvalue weighted by molar-refractivity contribution is 7.85. The van der Waals surface area contributed by atoms with Crippen LogP contribution in [0.2, 0.25) is 0 Å². The smallest absolute Gasteiger partial charge is 0.264 e. The van der Waals surface area contributed by atoms with E-state index in [2.05, 4.69) is 5.32 Å². The molecule has 0 aromatic rings. The molecule has 4 N–H and O–H groups in total. The number of hydrogen-bond donors (Lipinski definition) is 4. The molecule has 1 saturated heterocycles. The van der Waals surface area contributed by atoms with E-state index in [-0.39, 0.29) is 19.0 Å². The summed E-state index contributed by atoms with van der Waals surface area (Å²) in [7, 11) is -3.66. The molecule has 0 radical (unpaired) electrons. The normalized spacial score (nSPS) is 15.2. The van der Waals surface area contributed by atoms with Gasteiger partial charge in [0.1, 0.15) is 0 Å². The van der Waals surface area contributed by atoms with Gasteiger partial charge in [-0.3, -0.25) is 4.55 Å². The first-order chi connectivity index (χ1) is 7.47. The molecule has 1 rings (SSSR count). The van der Waals surface area contributed by atoms with Gasteiger partial charge in [-0.1, -0.05) is 0 Å². The van der Waals surface area contributed by atoms with Crippen molar-refractivity contribution < 1.29 is 27.9 Å². The maximum Gasteiger partial charge on any atom is 0.264 e. The summed E-state index contributed by atoms with van der Waals surface area (Å²) in [5.41, 5.74) is 0. The molecule has 1 aliphatic heterocycles. The molecule has 0 bridgehead atoms. The summed E-state index contributed by atoms with van der Waals surface area (Å²) in [6.45, 7) is 4.95. The molecule has 0 aromatic heterocycles. The van der Waals surface area contributed by atoms with Gasteiger partial charge >= 0.3 is 0 Å². The number of hydrogen-bond acceptors (Lipinski definition) is 6. The Bertz CT molecular complexity index is 201. The highest BCUT2D eigenvalue weighted by atomic mass is 32.2. The van der Waals surface area contributed by atoms with Crippen molar-refractivity contribution in [1.82, 2.24) is 5.32 Å². The van der Waals surface area contributed by atoms with Crippen LogP contribution < -0.4 is 5.32 Å². The quantitative estimate of drug-likeness (QED) is 0.445. The van der Waals surface area contributed by atoms with Crippen LogP contribution in [0.25, 0.3) is 0 Å². The van der Waals surface area contributed by atoms with Crippen molar-refractivity contribution in [1.29, 1.82) is 0 Å². The van der Waals surface area contributed by atoms with Crippen LogP contribution in [0.3, 0.4) is 0 Å². The molecule has 0 atom stereocenters. The van der Waals surface area contributed by atoms with E-state index >= 15 is 0 Å². The number of rotatable bonds is 2. The molecule has 0 aliphatic carbocycles. The van der Waals surface area contributed by atoms with Crippen molar-refractivity contribution in [2.75, 3.05) is 45.3 Å². The minimum Gasteiger partial charge on any atom is -0.394 e.